The third kappa shape index (κ3) is 3.20. The molecule has 1 fully saturated rings. The number of aromatic nitrogens is 4. The van der Waals surface area contributed by atoms with E-state index in [0.29, 0.717) is 38.0 Å². The van der Waals surface area contributed by atoms with Crippen molar-refractivity contribution >= 4 is 17.4 Å². The summed E-state index contributed by atoms with van der Waals surface area (Å²) in [5.41, 5.74) is 2.76. The van der Waals surface area contributed by atoms with E-state index < -0.39 is 0 Å². The standard InChI is InChI=1S/C22H20N6O/c29-21(26-13-15-27(16-14-26)22-23-10-6-11-24-22)20-25-19(17-7-2-1-3-8-17)18-9-4-5-12-28(18)20/h1-12H,13-16H2. The summed E-state index contributed by atoms with van der Waals surface area (Å²) in [5, 5.41) is 0. The van der Waals surface area contributed by atoms with Crippen LogP contribution in [0.3, 0.4) is 0 Å². The van der Waals surface area contributed by atoms with Gasteiger partial charge in [-0.15, -0.1) is 0 Å². The largest absolute Gasteiger partial charge is 0.337 e. The van der Waals surface area contributed by atoms with Gasteiger partial charge in [0, 0.05) is 50.3 Å². The van der Waals surface area contributed by atoms with Gasteiger partial charge in [-0.25, -0.2) is 15.0 Å². The zero-order valence-electron chi connectivity index (χ0n) is 15.8. The molecule has 29 heavy (non-hydrogen) atoms. The molecule has 7 heteroatoms. The predicted octanol–water partition coefficient (Wildman–Crippen LogP) is 2.75. The molecule has 3 aromatic heterocycles. The molecule has 0 N–H and O–H groups in total. The fraction of sp³-hybridized carbons (Fsp3) is 0.182. The van der Waals surface area contributed by atoms with Crippen LogP contribution in [0, 0.1) is 0 Å². The molecule has 0 atom stereocenters. The normalized spacial score (nSPS) is 14.3. The van der Waals surface area contributed by atoms with E-state index in [0.717, 1.165) is 16.8 Å². The number of benzene rings is 1. The lowest BCUT2D eigenvalue weighted by atomic mass is 10.1. The molecular weight excluding hydrogens is 364 g/mol. The summed E-state index contributed by atoms with van der Waals surface area (Å²) in [6.45, 7) is 2.62. The van der Waals surface area contributed by atoms with Crippen LogP contribution in [0.2, 0.25) is 0 Å². The first-order valence-electron chi connectivity index (χ1n) is 9.65. The molecule has 0 unspecified atom stereocenters. The molecule has 144 valence electrons. The third-order valence-corrected chi connectivity index (χ3v) is 5.19. The Balaban J connectivity index is 1.42. The summed E-state index contributed by atoms with van der Waals surface area (Å²) in [7, 11) is 0. The number of amides is 1. The van der Waals surface area contributed by atoms with Crippen LogP contribution in [0.4, 0.5) is 5.95 Å². The quantitative estimate of drug-likeness (QED) is 0.543. The number of piperazine rings is 1. The second-order valence-corrected chi connectivity index (χ2v) is 6.93. The molecule has 0 saturated carbocycles. The summed E-state index contributed by atoms with van der Waals surface area (Å²) >= 11 is 0. The van der Waals surface area contributed by atoms with Crippen LogP contribution in [0.15, 0.2) is 73.2 Å². The highest BCUT2D eigenvalue weighted by Crippen LogP contribution is 2.25. The Hall–Kier alpha value is -3.74. The minimum Gasteiger partial charge on any atom is -0.337 e. The molecule has 1 aromatic carbocycles. The van der Waals surface area contributed by atoms with Crippen molar-refractivity contribution in [1.82, 2.24) is 24.3 Å². The van der Waals surface area contributed by atoms with Crippen LogP contribution in [-0.4, -0.2) is 56.3 Å². The molecule has 0 spiro atoms. The Morgan fingerprint density at radius 2 is 1.55 bits per heavy atom. The van der Waals surface area contributed by atoms with Crippen LogP contribution < -0.4 is 4.90 Å². The van der Waals surface area contributed by atoms with Gasteiger partial charge in [-0.2, -0.15) is 0 Å². The van der Waals surface area contributed by atoms with Gasteiger partial charge in [-0.1, -0.05) is 36.4 Å². The van der Waals surface area contributed by atoms with Gasteiger partial charge in [0.1, 0.15) is 0 Å². The van der Waals surface area contributed by atoms with Crippen LogP contribution in [0.25, 0.3) is 16.8 Å². The monoisotopic (exact) mass is 384 g/mol. The smallest absolute Gasteiger partial charge is 0.290 e. The number of rotatable bonds is 3. The van der Waals surface area contributed by atoms with Crippen LogP contribution >= 0.6 is 0 Å². The van der Waals surface area contributed by atoms with E-state index in [9.17, 15) is 4.79 Å². The van der Waals surface area contributed by atoms with Crippen molar-refractivity contribution in [3.8, 4) is 11.3 Å². The molecule has 0 aliphatic carbocycles. The minimum atomic E-state index is -0.0537. The maximum atomic E-state index is 13.3. The molecule has 1 aliphatic rings. The lowest BCUT2D eigenvalue weighted by Gasteiger charge is -2.34. The first kappa shape index (κ1) is 17.4. The molecule has 1 aliphatic heterocycles. The number of imidazole rings is 1. The van der Waals surface area contributed by atoms with Gasteiger partial charge in [0.25, 0.3) is 5.91 Å². The van der Waals surface area contributed by atoms with Gasteiger partial charge in [-0.3, -0.25) is 9.20 Å². The summed E-state index contributed by atoms with van der Waals surface area (Å²) in [4.78, 5) is 30.6. The van der Waals surface area contributed by atoms with E-state index >= 15 is 0 Å². The lowest BCUT2D eigenvalue weighted by Crippen LogP contribution is -2.49. The number of carbonyl (C=O) groups excluding carboxylic acids is 1. The fourth-order valence-corrected chi connectivity index (χ4v) is 3.70. The van der Waals surface area contributed by atoms with Gasteiger partial charge in [0.15, 0.2) is 0 Å². The van der Waals surface area contributed by atoms with Gasteiger partial charge in [0.2, 0.25) is 11.8 Å². The van der Waals surface area contributed by atoms with Crippen molar-refractivity contribution in [2.24, 2.45) is 0 Å². The van der Waals surface area contributed by atoms with Crippen molar-refractivity contribution in [2.45, 2.75) is 0 Å². The average molecular weight is 384 g/mol. The Labute approximate surface area is 168 Å². The average Bonchev–Trinajstić information content (AvgIpc) is 3.20. The van der Waals surface area contributed by atoms with E-state index in [-0.39, 0.29) is 5.91 Å². The minimum absolute atomic E-state index is 0.0537. The van der Waals surface area contributed by atoms with E-state index in [1.165, 1.54) is 0 Å². The lowest BCUT2D eigenvalue weighted by molar-refractivity contribution is 0.0733. The van der Waals surface area contributed by atoms with E-state index in [1.807, 2.05) is 64.0 Å². The molecule has 7 nitrogen and oxygen atoms in total. The highest BCUT2D eigenvalue weighted by atomic mass is 16.2. The van der Waals surface area contributed by atoms with Gasteiger partial charge >= 0.3 is 0 Å². The maximum absolute atomic E-state index is 13.3. The Morgan fingerprint density at radius 1 is 0.828 bits per heavy atom. The molecule has 4 heterocycles. The summed E-state index contributed by atoms with van der Waals surface area (Å²) in [6, 6.07) is 17.7. The molecule has 1 amide bonds. The summed E-state index contributed by atoms with van der Waals surface area (Å²) < 4.78 is 1.89. The van der Waals surface area contributed by atoms with Crippen molar-refractivity contribution in [2.75, 3.05) is 31.1 Å². The first-order valence-corrected chi connectivity index (χ1v) is 9.65. The number of carbonyl (C=O) groups is 1. The first-order chi connectivity index (χ1) is 14.3. The van der Waals surface area contributed by atoms with Crippen molar-refractivity contribution in [1.29, 1.82) is 0 Å². The van der Waals surface area contributed by atoms with Gasteiger partial charge < -0.3 is 9.80 Å². The van der Waals surface area contributed by atoms with Crippen molar-refractivity contribution in [3.63, 3.8) is 0 Å². The Bertz CT molecular complexity index is 1130. The highest BCUT2D eigenvalue weighted by Gasteiger charge is 2.27. The zero-order chi connectivity index (χ0) is 19.6. The third-order valence-electron chi connectivity index (χ3n) is 5.19. The zero-order valence-corrected chi connectivity index (χ0v) is 15.8. The fourth-order valence-electron chi connectivity index (χ4n) is 3.70. The molecule has 5 rings (SSSR count). The topological polar surface area (TPSA) is 66.6 Å². The van der Waals surface area contributed by atoms with Crippen molar-refractivity contribution in [3.05, 3.63) is 79.0 Å². The molecule has 0 bridgehead atoms. The second kappa shape index (κ2) is 7.35. The number of nitrogens with zero attached hydrogens (tertiary/aromatic N) is 6. The highest BCUT2D eigenvalue weighted by molar-refractivity contribution is 5.94. The second-order valence-electron chi connectivity index (χ2n) is 6.93. The molecule has 0 radical (unpaired) electrons. The van der Waals surface area contributed by atoms with Crippen LogP contribution in [0.5, 0.6) is 0 Å². The number of pyridine rings is 1. The summed E-state index contributed by atoms with van der Waals surface area (Å²) in [5.74, 6) is 1.10. The van der Waals surface area contributed by atoms with Gasteiger partial charge in [-0.05, 0) is 18.2 Å². The van der Waals surface area contributed by atoms with Crippen molar-refractivity contribution < 1.29 is 4.79 Å². The van der Waals surface area contributed by atoms with Gasteiger partial charge in [0.05, 0.1) is 11.2 Å². The van der Waals surface area contributed by atoms with E-state index in [4.69, 9.17) is 4.98 Å². The predicted molar refractivity (Wildman–Crippen MR) is 111 cm³/mol. The number of hydrogen-bond donors (Lipinski definition) is 0. The Morgan fingerprint density at radius 3 is 2.31 bits per heavy atom. The molecular formula is C22H20N6O. The number of anilines is 1. The SMILES string of the molecule is O=C(c1nc(-c2ccccc2)c2ccccn12)N1CCN(c2ncccn2)CC1. The molecule has 1 saturated heterocycles. The number of fused-ring (bicyclic) bond motifs is 1. The summed E-state index contributed by atoms with van der Waals surface area (Å²) in [6.07, 6.45) is 5.37. The van der Waals surface area contributed by atoms with Crippen LogP contribution in [-0.2, 0) is 0 Å². The maximum Gasteiger partial charge on any atom is 0.290 e. The van der Waals surface area contributed by atoms with E-state index in [1.54, 1.807) is 18.5 Å². The van der Waals surface area contributed by atoms with E-state index in [2.05, 4.69) is 14.9 Å². The Kier molecular flexibility index (Phi) is 4.40. The molecule has 4 aromatic rings. The number of hydrogen-bond acceptors (Lipinski definition) is 5. The van der Waals surface area contributed by atoms with Crippen LogP contribution in [0.1, 0.15) is 10.6 Å².